The Balaban J connectivity index is 2.95. The number of aromatic nitrogens is 1. The molecule has 0 fully saturated rings. The van der Waals surface area contributed by atoms with Gasteiger partial charge in [0.25, 0.3) is 5.91 Å². The highest BCUT2D eigenvalue weighted by molar-refractivity contribution is 7.89. The number of esters is 1. The van der Waals surface area contributed by atoms with Crippen molar-refractivity contribution in [2.24, 2.45) is 12.8 Å². The monoisotopic (exact) mass is 275 g/mol. The molecule has 0 aliphatic heterocycles. The third-order valence-corrected chi connectivity index (χ3v) is 3.55. The number of hydrogen-bond donors (Lipinski definition) is 2. The van der Waals surface area contributed by atoms with E-state index in [-0.39, 0.29) is 10.6 Å². The summed E-state index contributed by atoms with van der Waals surface area (Å²) in [7, 11) is -1.25. The number of amides is 1. The van der Waals surface area contributed by atoms with Crippen LogP contribution in [0.3, 0.4) is 0 Å². The molecule has 100 valence electrons. The average Bonchev–Trinajstić information content (AvgIpc) is 2.69. The van der Waals surface area contributed by atoms with Gasteiger partial charge in [-0.1, -0.05) is 0 Å². The third kappa shape index (κ3) is 3.08. The van der Waals surface area contributed by atoms with Crippen LogP contribution in [0.2, 0.25) is 0 Å². The van der Waals surface area contributed by atoms with E-state index in [0.29, 0.717) is 0 Å². The van der Waals surface area contributed by atoms with Gasteiger partial charge in [0.05, 0.1) is 7.11 Å². The summed E-state index contributed by atoms with van der Waals surface area (Å²) in [6, 6.07) is 1.13. The van der Waals surface area contributed by atoms with E-state index < -0.39 is 28.4 Å². The zero-order valence-corrected chi connectivity index (χ0v) is 10.7. The number of nitrogens with one attached hydrogen (secondary N) is 1. The molecule has 0 aromatic carbocycles. The zero-order valence-electron chi connectivity index (χ0n) is 9.84. The summed E-state index contributed by atoms with van der Waals surface area (Å²) in [5.74, 6) is -1.46. The minimum atomic E-state index is -3.88. The zero-order chi connectivity index (χ0) is 13.9. The highest BCUT2D eigenvalue weighted by Crippen LogP contribution is 2.12. The second-order valence-electron chi connectivity index (χ2n) is 3.44. The number of rotatable bonds is 5. The number of hydrogen-bond acceptors (Lipinski definition) is 5. The average molecular weight is 275 g/mol. The fraction of sp³-hybridized carbons (Fsp3) is 0.333. The first-order chi connectivity index (χ1) is 8.27. The summed E-state index contributed by atoms with van der Waals surface area (Å²) in [5.41, 5.74) is 5.12. The van der Waals surface area contributed by atoms with Crippen molar-refractivity contribution in [2.75, 3.05) is 13.7 Å². The van der Waals surface area contributed by atoms with Crippen LogP contribution in [0, 0.1) is 0 Å². The lowest BCUT2D eigenvalue weighted by molar-refractivity contribution is -0.139. The molecule has 0 aliphatic carbocycles. The first-order valence-electron chi connectivity index (χ1n) is 4.80. The second kappa shape index (κ2) is 5.19. The molecule has 0 atom stereocenters. The molecule has 1 heterocycles. The Bertz CT molecular complexity index is 575. The Morgan fingerprint density at radius 3 is 2.56 bits per heavy atom. The van der Waals surface area contributed by atoms with Crippen molar-refractivity contribution in [2.45, 2.75) is 4.90 Å². The van der Waals surface area contributed by atoms with Crippen molar-refractivity contribution in [1.29, 1.82) is 0 Å². The second-order valence-corrected chi connectivity index (χ2v) is 5.20. The Hall–Kier alpha value is -1.87. The van der Waals surface area contributed by atoms with Gasteiger partial charge in [-0.2, -0.15) is 4.72 Å². The summed E-state index contributed by atoms with van der Waals surface area (Å²) >= 11 is 0. The van der Waals surface area contributed by atoms with Gasteiger partial charge >= 0.3 is 5.97 Å². The van der Waals surface area contributed by atoms with Crippen molar-refractivity contribution < 1.29 is 22.7 Å². The van der Waals surface area contributed by atoms with Crippen LogP contribution < -0.4 is 10.5 Å². The summed E-state index contributed by atoms with van der Waals surface area (Å²) in [5, 5.41) is 0. The lowest BCUT2D eigenvalue weighted by Gasteiger charge is -2.02. The number of ether oxygens (including phenoxy) is 1. The Morgan fingerprint density at radius 1 is 1.50 bits per heavy atom. The van der Waals surface area contributed by atoms with Crippen molar-refractivity contribution in [3.63, 3.8) is 0 Å². The molecule has 0 spiro atoms. The highest BCUT2D eigenvalue weighted by Gasteiger charge is 2.20. The Kier molecular flexibility index (Phi) is 4.09. The number of sulfonamides is 1. The van der Waals surface area contributed by atoms with Gasteiger partial charge in [-0.05, 0) is 6.07 Å². The standard InChI is InChI=1S/C9H13N3O5S/c1-12-5-6(3-7(12)9(10)14)18(15,16)11-4-8(13)17-2/h3,5,11H,4H2,1-2H3,(H2,10,14). The summed E-state index contributed by atoms with van der Waals surface area (Å²) in [6.07, 6.45) is 1.22. The topological polar surface area (TPSA) is 120 Å². The van der Waals surface area contributed by atoms with E-state index in [0.717, 1.165) is 13.2 Å². The normalized spacial score (nSPS) is 11.2. The molecule has 0 radical (unpaired) electrons. The van der Waals surface area contributed by atoms with Gasteiger partial charge < -0.3 is 15.0 Å². The number of primary amides is 1. The molecule has 1 amide bonds. The van der Waals surface area contributed by atoms with Crippen LogP contribution in [0.15, 0.2) is 17.2 Å². The van der Waals surface area contributed by atoms with Crippen LogP contribution in [-0.2, 0) is 26.6 Å². The third-order valence-electron chi connectivity index (χ3n) is 2.18. The quantitative estimate of drug-likeness (QED) is 0.638. The van der Waals surface area contributed by atoms with E-state index in [2.05, 4.69) is 4.74 Å². The molecule has 18 heavy (non-hydrogen) atoms. The van der Waals surface area contributed by atoms with E-state index in [4.69, 9.17) is 5.73 Å². The SMILES string of the molecule is COC(=O)CNS(=O)(=O)c1cc(C(N)=O)n(C)c1. The van der Waals surface area contributed by atoms with Gasteiger partial charge in [0.2, 0.25) is 10.0 Å². The lowest BCUT2D eigenvalue weighted by atomic mass is 10.4. The first-order valence-corrected chi connectivity index (χ1v) is 6.29. The van der Waals surface area contributed by atoms with E-state index in [1.807, 2.05) is 4.72 Å². The predicted octanol–water partition coefficient (Wildman–Crippen LogP) is -1.42. The van der Waals surface area contributed by atoms with Crippen LogP contribution in [0.5, 0.6) is 0 Å². The van der Waals surface area contributed by atoms with Gasteiger partial charge in [-0.3, -0.25) is 9.59 Å². The summed E-state index contributed by atoms with van der Waals surface area (Å²) in [4.78, 5) is 21.7. The number of aryl methyl sites for hydroxylation is 1. The molecule has 3 N–H and O–H groups in total. The van der Waals surface area contributed by atoms with Crippen LogP contribution in [0.4, 0.5) is 0 Å². The van der Waals surface area contributed by atoms with Crippen LogP contribution >= 0.6 is 0 Å². The molecule has 0 bridgehead atoms. The number of nitrogens with zero attached hydrogens (tertiary/aromatic N) is 1. The van der Waals surface area contributed by atoms with Crippen LogP contribution in [0.1, 0.15) is 10.5 Å². The highest BCUT2D eigenvalue weighted by atomic mass is 32.2. The number of nitrogens with two attached hydrogens (primary N) is 1. The molecule has 0 saturated heterocycles. The maximum atomic E-state index is 11.8. The minimum absolute atomic E-state index is 0.0495. The van der Waals surface area contributed by atoms with Gasteiger partial charge in [0.1, 0.15) is 17.1 Å². The number of methoxy groups -OCH3 is 1. The van der Waals surface area contributed by atoms with E-state index in [1.165, 1.54) is 17.8 Å². The summed E-state index contributed by atoms with van der Waals surface area (Å²) in [6.45, 7) is -0.486. The van der Waals surface area contributed by atoms with Crippen LogP contribution in [-0.4, -0.2) is 38.5 Å². The number of carbonyl (C=O) groups is 2. The molecule has 0 saturated carbocycles. The van der Waals surface area contributed by atoms with E-state index in [9.17, 15) is 18.0 Å². The van der Waals surface area contributed by atoms with Crippen molar-refractivity contribution in [3.8, 4) is 0 Å². The van der Waals surface area contributed by atoms with E-state index >= 15 is 0 Å². The molecule has 0 aliphatic rings. The van der Waals surface area contributed by atoms with Crippen molar-refractivity contribution >= 4 is 21.9 Å². The largest absolute Gasteiger partial charge is 0.468 e. The fourth-order valence-corrected chi connectivity index (χ4v) is 2.27. The van der Waals surface area contributed by atoms with E-state index in [1.54, 1.807) is 0 Å². The Labute approximate surface area is 104 Å². The predicted molar refractivity (Wildman–Crippen MR) is 61.1 cm³/mol. The van der Waals surface area contributed by atoms with Crippen LogP contribution in [0.25, 0.3) is 0 Å². The first kappa shape index (κ1) is 14.2. The fourth-order valence-electron chi connectivity index (χ4n) is 1.24. The lowest BCUT2D eigenvalue weighted by Crippen LogP contribution is -2.30. The molecule has 0 unspecified atom stereocenters. The maximum Gasteiger partial charge on any atom is 0.320 e. The van der Waals surface area contributed by atoms with Gasteiger partial charge in [-0.15, -0.1) is 0 Å². The van der Waals surface area contributed by atoms with Gasteiger partial charge in [0.15, 0.2) is 0 Å². The van der Waals surface area contributed by atoms with Gasteiger partial charge in [-0.25, -0.2) is 8.42 Å². The van der Waals surface area contributed by atoms with Crippen molar-refractivity contribution in [3.05, 3.63) is 18.0 Å². The molecule has 1 rings (SSSR count). The molecular weight excluding hydrogens is 262 g/mol. The molecule has 8 nitrogen and oxygen atoms in total. The molecule has 9 heteroatoms. The number of carbonyl (C=O) groups excluding carboxylic acids is 2. The molecule has 1 aromatic rings. The minimum Gasteiger partial charge on any atom is -0.468 e. The summed E-state index contributed by atoms with van der Waals surface area (Å²) < 4.78 is 31.1. The molecule has 1 aromatic heterocycles. The smallest absolute Gasteiger partial charge is 0.320 e. The maximum absolute atomic E-state index is 11.8. The van der Waals surface area contributed by atoms with Gasteiger partial charge in [0, 0.05) is 13.2 Å². The Morgan fingerprint density at radius 2 is 2.11 bits per heavy atom. The molecular formula is C9H13N3O5S. The van der Waals surface area contributed by atoms with Crippen molar-refractivity contribution in [1.82, 2.24) is 9.29 Å².